The number of hydrogen-bond donors (Lipinski definition) is 2. The lowest BCUT2D eigenvalue weighted by Gasteiger charge is -2.10. The van der Waals surface area contributed by atoms with Gasteiger partial charge in [0.2, 0.25) is 5.91 Å². The van der Waals surface area contributed by atoms with Crippen LogP contribution in [0.4, 0.5) is 0 Å². The molecule has 1 atom stereocenters. The van der Waals surface area contributed by atoms with Gasteiger partial charge in [-0.1, -0.05) is 13.3 Å². The van der Waals surface area contributed by atoms with Gasteiger partial charge in [-0.15, -0.1) is 0 Å². The van der Waals surface area contributed by atoms with Crippen LogP contribution in [0.2, 0.25) is 0 Å². The molecule has 0 aromatic rings. The normalized spacial score (nSPS) is 11.9. The first-order chi connectivity index (χ1) is 7.11. The Morgan fingerprint density at radius 2 is 2.13 bits per heavy atom. The van der Waals surface area contributed by atoms with E-state index in [-0.39, 0.29) is 18.3 Å². The highest BCUT2D eigenvalue weighted by molar-refractivity contribution is 5.82. The minimum absolute atomic E-state index is 0.179. The van der Waals surface area contributed by atoms with Crippen LogP contribution in [-0.2, 0) is 14.3 Å². The van der Waals surface area contributed by atoms with Crippen LogP contribution < -0.4 is 11.1 Å². The molecule has 0 bridgehead atoms. The van der Waals surface area contributed by atoms with E-state index >= 15 is 0 Å². The average Bonchev–Trinajstić information content (AvgIpc) is 2.25. The van der Waals surface area contributed by atoms with Gasteiger partial charge in [0, 0.05) is 13.0 Å². The van der Waals surface area contributed by atoms with Gasteiger partial charge in [-0.05, 0) is 12.8 Å². The molecule has 5 heteroatoms. The van der Waals surface area contributed by atoms with Crippen molar-refractivity contribution in [1.29, 1.82) is 0 Å². The zero-order chi connectivity index (χ0) is 11.7. The van der Waals surface area contributed by atoms with Gasteiger partial charge in [0.15, 0.2) is 0 Å². The molecule has 0 saturated carbocycles. The van der Waals surface area contributed by atoms with E-state index in [1.54, 1.807) is 0 Å². The van der Waals surface area contributed by atoms with Crippen LogP contribution in [0.25, 0.3) is 0 Å². The molecule has 0 aliphatic heterocycles. The van der Waals surface area contributed by atoms with Crippen LogP contribution in [0.5, 0.6) is 0 Å². The standard InChI is InChI=1S/C10H20N2O3/c1-3-4-7-12-10(14)8(11)5-6-9(13)15-2/h8H,3-7,11H2,1-2H3,(H,12,14). The summed E-state index contributed by atoms with van der Waals surface area (Å²) >= 11 is 0. The lowest BCUT2D eigenvalue weighted by Crippen LogP contribution is -2.41. The molecule has 3 N–H and O–H groups in total. The lowest BCUT2D eigenvalue weighted by molar-refractivity contribution is -0.140. The summed E-state index contributed by atoms with van der Waals surface area (Å²) in [4.78, 5) is 22.1. The summed E-state index contributed by atoms with van der Waals surface area (Å²) in [5, 5.41) is 2.71. The minimum atomic E-state index is -0.624. The topological polar surface area (TPSA) is 81.4 Å². The zero-order valence-corrected chi connectivity index (χ0v) is 9.41. The monoisotopic (exact) mass is 216 g/mol. The molecule has 0 aliphatic rings. The molecule has 1 amide bonds. The highest BCUT2D eigenvalue weighted by Gasteiger charge is 2.14. The van der Waals surface area contributed by atoms with E-state index in [4.69, 9.17) is 5.73 Å². The van der Waals surface area contributed by atoms with Crippen LogP contribution in [-0.4, -0.2) is 31.6 Å². The van der Waals surface area contributed by atoms with Crippen LogP contribution in [0.3, 0.4) is 0 Å². The van der Waals surface area contributed by atoms with Gasteiger partial charge < -0.3 is 15.8 Å². The predicted molar refractivity (Wildman–Crippen MR) is 57.1 cm³/mol. The van der Waals surface area contributed by atoms with Gasteiger partial charge in [-0.2, -0.15) is 0 Å². The van der Waals surface area contributed by atoms with Crippen molar-refractivity contribution in [3.8, 4) is 0 Å². The second-order valence-electron chi connectivity index (χ2n) is 3.37. The van der Waals surface area contributed by atoms with Gasteiger partial charge in [0.25, 0.3) is 0 Å². The van der Waals surface area contributed by atoms with Crippen LogP contribution in [0.1, 0.15) is 32.6 Å². The number of methoxy groups -OCH3 is 1. The van der Waals surface area contributed by atoms with E-state index in [1.165, 1.54) is 7.11 Å². The highest BCUT2D eigenvalue weighted by atomic mass is 16.5. The number of carbonyl (C=O) groups excluding carboxylic acids is 2. The highest BCUT2D eigenvalue weighted by Crippen LogP contribution is 1.96. The molecule has 0 aromatic heterocycles. The fraction of sp³-hybridized carbons (Fsp3) is 0.800. The molecule has 0 saturated heterocycles. The first-order valence-corrected chi connectivity index (χ1v) is 5.22. The van der Waals surface area contributed by atoms with Crippen molar-refractivity contribution >= 4 is 11.9 Å². The molecule has 15 heavy (non-hydrogen) atoms. The number of rotatable bonds is 7. The number of nitrogens with one attached hydrogen (secondary N) is 1. The number of ether oxygens (including phenoxy) is 1. The molecule has 0 radical (unpaired) electrons. The number of unbranched alkanes of at least 4 members (excludes halogenated alkanes) is 1. The van der Waals surface area contributed by atoms with Gasteiger partial charge >= 0.3 is 5.97 Å². The van der Waals surface area contributed by atoms with Gasteiger partial charge in [0.05, 0.1) is 13.2 Å². The molecule has 0 spiro atoms. The summed E-state index contributed by atoms with van der Waals surface area (Å²) in [6, 6.07) is -0.624. The Labute approximate surface area is 90.4 Å². The van der Waals surface area contributed by atoms with Crippen molar-refractivity contribution in [3.63, 3.8) is 0 Å². The van der Waals surface area contributed by atoms with Crippen molar-refractivity contribution in [2.75, 3.05) is 13.7 Å². The fourth-order valence-corrected chi connectivity index (χ4v) is 1.03. The third-order valence-electron chi connectivity index (χ3n) is 2.05. The van der Waals surface area contributed by atoms with Crippen LogP contribution >= 0.6 is 0 Å². The Morgan fingerprint density at radius 1 is 1.47 bits per heavy atom. The third kappa shape index (κ3) is 6.90. The number of amides is 1. The molecular formula is C10H20N2O3. The Kier molecular flexibility index (Phi) is 7.62. The number of nitrogens with two attached hydrogens (primary N) is 1. The largest absolute Gasteiger partial charge is 0.469 e. The average molecular weight is 216 g/mol. The summed E-state index contributed by atoms with van der Waals surface area (Å²) in [6.07, 6.45) is 2.47. The maximum absolute atomic E-state index is 11.3. The molecule has 0 aliphatic carbocycles. The number of hydrogen-bond acceptors (Lipinski definition) is 4. The van der Waals surface area contributed by atoms with E-state index in [9.17, 15) is 9.59 Å². The SMILES string of the molecule is CCCCNC(=O)C(N)CCC(=O)OC. The van der Waals surface area contributed by atoms with E-state index in [0.29, 0.717) is 13.0 Å². The molecule has 0 rings (SSSR count). The third-order valence-corrected chi connectivity index (χ3v) is 2.05. The molecule has 0 heterocycles. The second-order valence-corrected chi connectivity index (χ2v) is 3.37. The van der Waals surface area contributed by atoms with Gasteiger partial charge in [-0.3, -0.25) is 9.59 Å². The summed E-state index contributed by atoms with van der Waals surface area (Å²) in [5.74, 6) is -0.542. The fourth-order valence-electron chi connectivity index (χ4n) is 1.03. The van der Waals surface area contributed by atoms with Crippen molar-refractivity contribution in [2.24, 2.45) is 5.73 Å². The van der Waals surface area contributed by atoms with E-state index < -0.39 is 6.04 Å². The van der Waals surface area contributed by atoms with Crippen molar-refractivity contribution < 1.29 is 14.3 Å². The Morgan fingerprint density at radius 3 is 2.67 bits per heavy atom. The minimum Gasteiger partial charge on any atom is -0.469 e. The molecule has 0 fully saturated rings. The second kappa shape index (κ2) is 8.23. The summed E-state index contributed by atoms with van der Waals surface area (Å²) in [6.45, 7) is 2.69. The van der Waals surface area contributed by atoms with E-state index in [1.807, 2.05) is 6.92 Å². The molecule has 0 aromatic carbocycles. The van der Waals surface area contributed by atoms with Crippen LogP contribution in [0.15, 0.2) is 0 Å². The van der Waals surface area contributed by atoms with Crippen molar-refractivity contribution in [1.82, 2.24) is 5.32 Å². The van der Waals surface area contributed by atoms with E-state index in [2.05, 4.69) is 10.1 Å². The summed E-state index contributed by atoms with van der Waals surface area (Å²) in [7, 11) is 1.31. The lowest BCUT2D eigenvalue weighted by atomic mass is 10.1. The van der Waals surface area contributed by atoms with Gasteiger partial charge in [0.1, 0.15) is 0 Å². The predicted octanol–water partition coefficient (Wildman–Crippen LogP) is 0.183. The first kappa shape index (κ1) is 13.9. The molecular weight excluding hydrogens is 196 g/mol. The molecule has 88 valence electrons. The number of carbonyl (C=O) groups is 2. The Balaban J connectivity index is 3.64. The summed E-state index contributed by atoms with van der Waals surface area (Å²) in [5.41, 5.74) is 5.58. The Hall–Kier alpha value is -1.10. The first-order valence-electron chi connectivity index (χ1n) is 5.22. The Bertz CT molecular complexity index is 207. The van der Waals surface area contributed by atoms with E-state index in [0.717, 1.165) is 12.8 Å². The van der Waals surface area contributed by atoms with Crippen molar-refractivity contribution in [2.45, 2.75) is 38.6 Å². The van der Waals surface area contributed by atoms with Crippen LogP contribution in [0, 0.1) is 0 Å². The van der Waals surface area contributed by atoms with Gasteiger partial charge in [-0.25, -0.2) is 0 Å². The summed E-state index contributed by atoms with van der Waals surface area (Å²) < 4.78 is 4.45. The quantitative estimate of drug-likeness (QED) is 0.470. The zero-order valence-electron chi connectivity index (χ0n) is 9.41. The molecule has 5 nitrogen and oxygen atoms in total. The molecule has 1 unspecified atom stereocenters. The smallest absolute Gasteiger partial charge is 0.305 e. The maximum atomic E-state index is 11.3. The number of esters is 1. The maximum Gasteiger partial charge on any atom is 0.305 e. The van der Waals surface area contributed by atoms with Crippen molar-refractivity contribution in [3.05, 3.63) is 0 Å².